The number of fused-ring (bicyclic) bond motifs is 1. The number of aliphatic imine (C=N–C) groups is 1. The number of carbonyl (C=O) groups excluding carboxylic acids is 1. The highest BCUT2D eigenvalue weighted by Crippen LogP contribution is 2.36. The number of hydrogen-bond donors (Lipinski definition) is 1. The molecule has 0 fully saturated rings. The third-order valence-electron chi connectivity index (χ3n) is 4.18. The van der Waals surface area contributed by atoms with Crippen LogP contribution in [0.2, 0.25) is 0 Å². The maximum Gasteiger partial charge on any atom is 0.413 e. The summed E-state index contributed by atoms with van der Waals surface area (Å²) in [6.45, 7) is 4.07. The molecule has 0 spiro atoms. The van der Waals surface area contributed by atoms with E-state index in [0.717, 1.165) is 36.4 Å². The maximum atomic E-state index is 12.1. The molecule has 6 heteroatoms. The van der Waals surface area contributed by atoms with Gasteiger partial charge in [-0.2, -0.15) is 0 Å². The minimum atomic E-state index is -0.343. The summed E-state index contributed by atoms with van der Waals surface area (Å²) in [5.41, 5.74) is 3.09. The van der Waals surface area contributed by atoms with Crippen molar-refractivity contribution in [1.82, 2.24) is 5.32 Å². The Bertz CT molecular complexity index is 661. The van der Waals surface area contributed by atoms with Gasteiger partial charge in [0.2, 0.25) is 0 Å². The number of methoxy groups -OCH3 is 1. The van der Waals surface area contributed by atoms with Crippen LogP contribution in [0.15, 0.2) is 29.3 Å². The lowest BCUT2D eigenvalue weighted by molar-refractivity contribution is 0.178. The topological polar surface area (TPSA) is 63.2 Å². The first kappa shape index (κ1) is 16.4. The van der Waals surface area contributed by atoms with Gasteiger partial charge in [0, 0.05) is 24.2 Å². The quantitative estimate of drug-likeness (QED) is 0.922. The van der Waals surface area contributed by atoms with Crippen molar-refractivity contribution in [1.29, 1.82) is 0 Å². The molecule has 0 aliphatic carbocycles. The molecule has 1 unspecified atom stereocenters. The van der Waals surface area contributed by atoms with Crippen molar-refractivity contribution >= 4 is 23.7 Å². The van der Waals surface area contributed by atoms with E-state index in [4.69, 9.17) is 9.47 Å². The first-order chi connectivity index (χ1) is 11.7. The molecule has 0 saturated heterocycles. The van der Waals surface area contributed by atoms with E-state index >= 15 is 0 Å². The van der Waals surface area contributed by atoms with Gasteiger partial charge in [0.25, 0.3) is 0 Å². The molecular formula is C18H23N3O3. The van der Waals surface area contributed by atoms with Gasteiger partial charge in [-0.25, -0.2) is 4.79 Å². The average Bonchev–Trinajstić information content (AvgIpc) is 3.12. The Kier molecular flexibility index (Phi) is 5.03. The predicted molar refractivity (Wildman–Crippen MR) is 94.9 cm³/mol. The molecular weight excluding hydrogens is 306 g/mol. The number of nitrogens with zero attached hydrogens (tertiary/aromatic N) is 2. The number of hydrogen-bond acceptors (Lipinski definition) is 5. The molecule has 1 N–H and O–H groups in total. The summed E-state index contributed by atoms with van der Waals surface area (Å²) in [5.74, 6) is 0.858. The van der Waals surface area contributed by atoms with E-state index in [9.17, 15) is 4.79 Å². The van der Waals surface area contributed by atoms with Gasteiger partial charge in [0.15, 0.2) is 0 Å². The lowest BCUT2D eigenvalue weighted by Gasteiger charge is -2.25. The minimum absolute atomic E-state index is 0.224. The van der Waals surface area contributed by atoms with Crippen molar-refractivity contribution in [3.05, 3.63) is 29.8 Å². The lowest BCUT2D eigenvalue weighted by atomic mass is 9.97. The molecule has 1 amide bonds. The molecule has 2 aliphatic heterocycles. The minimum Gasteiger partial charge on any atom is -0.493 e. The highest BCUT2D eigenvalue weighted by atomic mass is 16.5. The molecule has 24 heavy (non-hydrogen) atoms. The van der Waals surface area contributed by atoms with E-state index in [1.54, 1.807) is 11.2 Å². The summed E-state index contributed by atoms with van der Waals surface area (Å²) in [5, 5.41) is 3.23. The Morgan fingerprint density at radius 1 is 1.54 bits per heavy atom. The molecule has 0 bridgehead atoms. The van der Waals surface area contributed by atoms with Crippen molar-refractivity contribution in [2.24, 2.45) is 4.99 Å². The fourth-order valence-corrected chi connectivity index (χ4v) is 3.01. The summed E-state index contributed by atoms with van der Waals surface area (Å²) in [6, 6.07) is 6.08. The second-order valence-corrected chi connectivity index (χ2v) is 5.86. The molecule has 1 atom stereocenters. The van der Waals surface area contributed by atoms with Crippen LogP contribution < -0.4 is 15.0 Å². The van der Waals surface area contributed by atoms with Crippen molar-refractivity contribution in [2.75, 3.05) is 31.7 Å². The average molecular weight is 329 g/mol. The number of anilines is 1. The van der Waals surface area contributed by atoms with Gasteiger partial charge in [-0.05, 0) is 30.2 Å². The van der Waals surface area contributed by atoms with Crippen molar-refractivity contribution in [2.45, 2.75) is 25.8 Å². The predicted octanol–water partition coefficient (Wildman–Crippen LogP) is 2.84. The highest BCUT2D eigenvalue weighted by molar-refractivity contribution is 5.89. The van der Waals surface area contributed by atoms with Crippen LogP contribution >= 0.6 is 0 Å². The Morgan fingerprint density at radius 3 is 3.12 bits per heavy atom. The monoisotopic (exact) mass is 329 g/mol. The van der Waals surface area contributed by atoms with Crippen LogP contribution in [0.25, 0.3) is 5.57 Å². The number of benzene rings is 1. The summed E-state index contributed by atoms with van der Waals surface area (Å²) >= 11 is 0. The number of rotatable bonds is 4. The van der Waals surface area contributed by atoms with Gasteiger partial charge in [0.05, 0.1) is 32.6 Å². The van der Waals surface area contributed by atoms with Crippen molar-refractivity contribution < 1.29 is 14.3 Å². The fourth-order valence-electron chi connectivity index (χ4n) is 3.01. The smallest absolute Gasteiger partial charge is 0.413 e. The Hall–Kier alpha value is -2.50. The standard InChI is InChI=1S/C18H23N3O3/c1-3-7-21(18(22)23-2)15-4-5-17-16(10-15)13(6-8-24-17)9-14-11-19-12-20-14/h4-5,9-10,12,14H,3,6-8,11H2,1-2H3,(H,19,20)/b13-9+. The molecule has 1 aromatic rings. The van der Waals surface area contributed by atoms with Crippen molar-refractivity contribution in [3.63, 3.8) is 0 Å². The first-order valence-corrected chi connectivity index (χ1v) is 8.30. The van der Waals surface area contributed by atoms with E-state index in [0.29, 0.717) is 13.2 Å². The van der Waals surface area contributed by atoms with Crippen LogP contribution in [0.5, 0.6) is 5.75 Å². The lowest BCUT2D eigenvalue weighted by Crippen LogP contribution is -2.31. The summed E-state index contributed by atoms with van der Waals surface area (Å²) in [7, 11) is 1.41. The van der Waals surface area contributed by atoms with Gasteiger partial charge in [-0.15, -0.1) is 0 Å². The number of ether oxygens (including phenoxy) is 2. The van der Waals surface area contributed by atoms with E-state index in [1.165, 1.54) is 12.7 Å². The van der Waals surface area contributed by atoms with Gasteiger partial charge >= 0.3 is 6.09 Å². The SMILES string of the molecule is CCCN(C(=O)OC)c1ccc2c(c1)/C(=C/C1CN=CN1)CCO2. The van der Waals surface area contributed by atoms with Crippen LogP contribution in [0, 0.1) is 0 Å². The first-order valence-electron chi connectivity index (χ1n) is 8.30. The Morgan fingerprint density at radius 2 is 2.42 bits per heavy atom. The van der Waals surface area contributed by atoms with Crippen LogP contribution in [0.3, 0.4) is 0 Å². The molecule has 128 valence electrons. The molecule has 2 heterocycles. The molecule has 0 saturated carbocycles. The van der Waals surface area contributed by atoms with Crippen LogP contribution in [0.1, 0.15) is 25.3 Å². The zero-order valence-electron chi connectivity index (χ0n) is 14.1. The van der Waals surface area contributed by atoms with Crippen LogP contribution in [-0.2, 0) is 4.74 Å². The Balaban J connectivity index is 1.93. The number of nitrogens with one attached hydrogen (secondary N) is 1. The second-order valence-electron chi connectivity index (χ2n) is 5.86. The highest BCUT2D eigenvalue weighted by Gasteiger charge is 2.21. The second kappa shape index (κ2) is 7.38. The molecule has 1 aromatic carbocycles. The molecule has 3 rings (SSSR count). The largest absolute Gasteiger partial charge is 0.493 e. The third kappa shape index (κ3) is 3.37. The zero-order valence-corrected chi connectivity index (χ0v) is 14.1. The van der Waals surface area contributed by atoms with E-state index in [1.807, 2.05) is 25.1 Å². The zero-order chi connectivity index (χ0) is 16.9. The van der Waals surface area contributed by atoms with E-state index < -0.39 is 0 Å². The van der Waals surface area contributed by atoms with Gasteiger partial charge in [-0.3, -0.25) is 9.89 Å². The van der Waals surface area contributed by atoms with E-state index in [2.05, 4.69) is 16.4 Å². The third-order valence-corrected chi connectivity index (χ3v) is 4.18. The number of carbonyl (C=O) groups is 1. The number of amides is 1. The summed E-state index contributed by atoms with van der Waals surface area (Å²) in [4.78, 5) is 17.9. The molecule has 0 aromatic heterocycles. The normalized spacial score (nSPS) is 20.2. The van der Waals surface area contributed by atoms with E-state index in [-0.39, 0.29) is 12.1 Å². The van der Waals surface area contributed by atoms with Gasteiger partial charge < -0.3 is 14.8 Å². The summed E-state index contributed by atoms with van der Waals surface area (Å²) in [6.07, 6.45) is 5.32. The Labute approximate surface area is 142 Å². The fraction of sp³-hybridized carbons (Fsp3) is 0.444. The summed E-state index contributed by atoms with van der Waals surface area (Å²) < 4.78 is 10.7. The van der Waals surface area contributed by atoms with Crippen LogP contribution in [-0.4, -0.2) is 45.3 Å². The van der Waals surface area contributed by atoms with Gasteiger partial charge in [-0.1, -0.05) is 13.0 Å². The molecule has 6 nitrogen and oxygen atoms in total. The van der Waals surface area contributed by atoms with Gasteiger partial charge in [0.1, 0.15) is 5.75 Å². The van der Waals surface area contributed by atoms with Crippen molar-refractivity contribution in [3.8, 4) is 5.75 Å². The molecule has 0 radical (unpaired) electrons. The molecule has 2 aliphatic rings. The van der Waals surface area contributed by atoms with Crippen LogP contribution in [0.4, 0.5) is 10.5 Å². The maximum absolute atomic E-state index is 12.1.